The zero-order valence-electron chi connectivity index (χ0n) is 10.1. The molecule has 0 spiro atoms. The molecule has 1 aliphatic heterocycles. The molecular weight excluding hydrogens is 190 g/mol. The largest absolute Gasteiger partial charge is 0.341 e. The number of nitrogens with zero attached hydrogens (tertiary/aromatic N) is 2. The second-order valence-electron chi connectivity index (χ2n) is 4.47. The number of hydrogen-bond acceptors (Lipinski definition) is 3. The highest BCUT2D eigenvalue weighted by molar-refractivity contribution is 5.82. The lowest BCUT2D eigenvalue weighted by Crippen LogP contribution is -2.50. The molecule has 0 aromatic rings. The number of hydrogen-bond donors (Lipinski definition) is 1. The van der Waals surface area contributed by atoms with Gasteiger partial charge in [0.25, 0.3) is 0 Å². The zero-order chi connectivity index (χ0) is 11.3. The fraction of sp³-hybridized carbons (Fsp3) is 0.909. The van der Waals surface area contributed by atoms with Crippen molar-refractivity contribution in [2.24, 2.45) is 0 Å². The van der Waals surface area contributed by atoms with Gasteiger partial charge in [-0.25, -0.2) is 0 Å². The van der Waals surface area contributed by atoms with Crippen molar-refractivity contribution in [1.29, 1.82) is 0 Å². The molecular formula is C11H23N3O. The van der Waals surface area contributed by atoms with Crippen molar-refractivity contribution in [1.82, 2.24) is 15.1 Å². The molecule has 0 saturated carbocycles. The molecule has 1 heterocycles. The third-order valence-corrected chi connectivity index (χ3v) is 2.91. The quantitative estimate of drug-likeness (QED) is 0.706. The Morgan fingerprint density at radius 1 is 1.53 bits per heavy atom. The van der Waals surface area contributed by atoms with Crippen molar-refractivity contribution >= 4 is 5.91 Å². The minimum absolute atomic E-state index is 0.0538. The average Bonchev–Trinajstić information content (AvgIpc) is 2.20. The van der Waals surface area contributed by atoms with Gasteiger partial charge in [0.05, 0.1) is 6.04 Å². The van der Waals surface area contributed by atoms with Crippen LogP contribution in [0, 0.1) is 0 Å². The Morgan fingerprint density at radius 3 is 2.87 bits per heavy atom. The maximum absolute atomic E-state index is 11.9. The van der Waals surface area contributed by atoms with E-state index in [-0.39, 0.29) is 11.9 Å². The van der Waals surface area contributed by atoms with Crippen molar-refractivity contribution in [3.63, 3.8) is 0 Å². The zero-order valence-corrected chi connectivity index (χ0v) is 10.1. The van der Waals surface area contributed by atoms with E-state index in [1.54, 1.807) is 0 Å². The summed E-state index contributed by atoms with van der Waals surface area (Å²) in [6, 6.07) is 0.0538. The standard InChI is InChI=1S/C11H23N3O/c1-12-10-6-4-8-14(11(10)15)9-5-7-13(2)3/h10,12H,4-9H2,1-3H3. The molecule has 0 aromatic heterocycles. The first-order chi connectivity index (χ1) is 7.15. The summed E-state index contributed by atoms with van der Waals surface area (Å²) in [5, 5.41) is 3.08. The van der Waals surface area contributed by atoms with Crippen molar-refractivity contribution < 1.29 is 4.79 Å². The van der Waals surface area contributed by atoms with Gasteiger partial charge in [-0.3, -0.25) is 4.79 Å². The van der Waals surface area contributed by atoms with Crippen LogP contribution in [0.1, 0.15) is 19.3 Å². The number of likely N-dealkylation sites (N-methyl/N-ethyl adjacent to an activating group) is 1. The minimum Gasteiger partial charge on any atom is -0.341 e. The van der Waals surface area contributed by atoms with Gasteiger partial charge in [0, 0.05) is 13.1 Å². The van der Waals surface area contributed by atoms with Crippen LogP contribution in [0.2, 0.25) is 0 Å². The summed E-state index contributed by atoms with van der Waals surface area (Å²) in [4.78, 5) is 16.0. The third kappa shape index (κ3) is 3.80. The Kier molecular flexibility index (Phi) is 5.05. The summed E-state index contributed by atoms with van der Waals surface area (Å²) in [7, 11) is 5.99. The molecule has 4 heteroatoms. The molecule has 15 heavy (non-hydrogen) atoms. The number of carbonyl (C=O) groups excluding carboxylic acids is 1. The van der Waals surface area contributed by atoms with Crippen LogP contribution in [0.3, 0.4) is 0 Å². The Labute approximate surface area is 92.6 Å². The molecule has 0 aliphatic carbocycles. The molecule has 1 unspecified atom stereocenters. The molecule has 1 aliphatic rings. The molecule has 1 amide bonds. The lowest BCUT2D eigenvalue weighted by Gasteiger charge is -2.32. The summed E-state index contributed by atoms with van der Waals surface area (Å²) >= 11 is 0. The molecule has 88 valence electrons. The highest BCUT2D eigenvalue weighted by Crippen LogP contribution is 2.11. The minimum atomic E-state index is 0.0538. The summed E-state index contributed by atoms with van der Waals surface area (Å²) in [5.74, 6) is 0.280. The van der Waals surface area contributed by atoms with E-state index >= 15 is 0 Å². The topological polar surface area (TPSA) is 35.6 Å². The van der Waals surface area contributed by atoms with Gasteiger partial charge >= 0.3 is 0 Å². The van der Waals surface area contributed by atoms with Gasteiger partial charge in [0.2, 0.25) is 5.91 Å². The number of amides is 1. The van der Waals surface area contributed by atoms with Gasteiger partial charge in [0.15, 0.2) is 0 Å². The third-order valence-electron chi connectivity index (χ3n) is 2.91. The number of carbonyl (C=O) groups is 1. The monoisotopic (exact) mass is 213 g/mol. The highest BCUT2D eigenvalue weighted by Gasteiger charge is 2.26. The first-order valence-electron chi connectivity index (χ1n) is 5.76. The van der Waals surface area contributed by atoms with E-state index in [0.717, 1.165) is 38.9 Å². The molecule has 0 bridgehead atoms. The van der Waals surface area contributed by atoms with Crippen LogP contribution >= 0.6 is 0 Å². The van der Waals surface area contributed by atoms with Crippen LogP contribution in [-0.4, -0.2) is 62.5 Å². The van der Waals surface area contributed by atoms with Gasteiger partial charge in [-0.1, -0.05) is 0 Å². The van der Waals surface area contributed by atoms with E-state index in [2.05, 4.69) is 24.3 Å². The van der Waals surface area contributed by atoms with E-state index in [1.807, 2.05) is 11.9 Å². The predicted molar refractivity (Wildman–Crippen MR) is 61.8 cm³/mol. The van der Waals surface area contributed by atoms with Crippen LogP contribution in [-0.2, 0) is 4.79 Å². The molecule has 0 aromatic carbocycles. The van der Waals surface area contributed by atoms with Crippen molar-refractivity contribution in [2.75, 3.05) is 40.8 Å². The van der Waals surface area contributed by atoms with Crippen LogP contribution in [0.5, 0.6) is 0 Å². The molecule has 1 saturated heterocycles. The molecule has 1 rings (SSSR count). The maximum atomic E-state index is 11.9. The van der Waals surface area contributed by atoms with Crippen molar-refractivity contribution in [3.8, 4) is 0 Å². The number of piperidine rings is 1. The van der Waals surface area contributed by atoms with Gasteiger partial charge in [-0.05, 0) is 47.0 Å². The number of nitrogens with one attached hydrogen (secondary N) is 1. The van der Waals surface area contributed by atoms with Crippen LogP contribution in [0.15, 0.2) is 0 Å². The van der Waals surface area contributed by atoms with Crippen molar-refractivity contribution in [2.45, 2.75) is 25.3 Å². The molecule has 1 atom stereocenters. The smallest absolute Gasteiger partial charge is 0.239 e. The maximum Gasteiger partial charge on any atom is 0.239 e. The van der Waals surface area contributed by atoms with Gasteiger partial charge in [0.1, 0.15) is 0 Å². The lowest BCUT2D eigenvalue weighted by molar-refractivity contribution is -0.135. The normalized spacial score (nSPS) is 22.5. The molecule has 1 N–H and O–H groups in total. The predicted octanol–water partition coefficient (Wildman–Crippen LogP) is 0.149. The van der Waals surface area contributed by atoms with Crippen LogP contribution in [0.25, 0.3) is 0 Å². The Balaban J connectivity index is 2.31. The van der Waals surface area contributed by atoms with E-state index in [1.165, 1.54) is 0 Å². The fourth-order valence-corrected chi connectivity index (χ4v) is 2.01. The summed E-state index contributed by atoms with van der Waals surface area (Å²) < 4.78 is 0. The van der Waals surface area contributed by atoms with Crippen LogP contribution in [0.4, 0.5) is 0 Å². The first-order valence-corrected chi connectivity index (χ1v) is 5.76. The summed E-state index contributed by atoms with van der Waals surface area (Å²) in [5.41, 5.74) is 0. The number of likely N-dealkylation sites (tertiary alicyclic amines) is 1. The second kappa shape index (κ2) is 6.08. The molecule has 1 fully saturated rings. The molecule has 0 radical (unpaired) electrons. The summed E-state index contributed by atoms with van der Waals surface area (Å²) in [6.07, 6.45) is 3.17. The average molecular weight is 213 g/mol. The van der Waals surface area contributed by atoms with Crippen LogP contribution < -0.4 is 5.32 Å². The second-order valence-corrected chi connectivity index (χ2v) is 4.47. The Bertz CT molecular complexity index is 206. The summed E-state index contributed by atoms with van der Waals surface area (Å²) in [6.45, 7) is 2.88. The van der Waals surface area contributed by atoms with E-state index in [9.17, 15) is 4.79 Å². The SMILES string of the molecule is CNC1CCCN(CCCN(C)C)C1=O. The van der Waals surface area contributed by atoms with Gasteiger partial charge < -0.3 is 15.1 Å². The van der Waals surface area contributed by atoms with E-state index < -0.39 is 0 Å². The Morgan fingerprint density at radius 2 is 2.27 bits per heavy atom. The lowest BCUT2D eigenvalue weighted by atomic mass is 10.0. The molecule has 4 nitrogen and oxygen atoms in total. The van der Waals surface area contributed by atoms with Crippen molar-refractivity contribution in [3.05, 3.63) is 0 Å². The number of rotatable bonds is 5. The first kappa shape index (κ1) is 12.5. The highest BCUT2D eigenvalue weighted by atomic mass is 16.2. The van der Waals surface area contributed by atoms with Gasteiger partial charge in [-0.15, -0.1) is 0 Å². The van der Waals surface area contributed by atoms with Gasteiger partial charge in [-0.2, -0.15) is 0 Å². The Hall–Kier alpha value is -0.610. The van der Waals surface area contributed by atoms with E-state index in [0.29, 0.717) is 0 Å². The fourth-order valence-electron chi connectivity index (χ4n) is 2.01. The van der Waals surface area contributed by atoms with E-state index in [4.69, 9.17) is 0 Å².